The van der Waals surface area contributed by atoms with E-state index in [1.54, 1.807) is 13.8 Å². The minimum Gasteiger partial charge on any atom is -0.259 e. The maximum Gasteiger partial charge on any atom is 0.418 e. The predicted molar refractivity (Wildman–Crippen MR) is 51.3 cm³/mol. The molecule has 0 spiro atoms. The van der Waals surface area contributed by atoms with Crippen LogP contribution in [0.25, 0.3) is 0 Å². The van der Waals surface area contributed by atoms with Gasteiger partial charge in [0.1, 0.15) is 0 Å². The van der Waals surface area contributed by atoms with E-state index in [1.807, 2.05) is 0 Å². The quantitative estimate of drug-likeness (QED) is 0.653. The molecule has 1 aromatic rings. The van der Waals surface area contributed by atoms with Crippen LogP contribution < -0.4 is 0 Å². The van der Waals surface area contributed by atoms with Gasteiger partial charge in [-0.2, -0.15) is 13.2 Å². The first-order chi connectivity index (χ1) is 6.86. The van der Waals surface area contributed by atoms with Crippen LogP contribution in [-0.4, -0.2) is 4.98 Å². The second kappa shape index (κ2) is 3.93. The third-order valence-electron chi connectivity index (χ3n) is 1.94. The van der Waals surface area contributed by atoms with Gasteiger partial charge in [-0.3, -0.25) is 4.98 Å². The third kappa shape index (κ3) is 2.50. The molecule has 1 aromatic heterocycles. The molecular weight excluding hydrogens is 203 g/mol. The van der Waals surface area contributed by atoms with Gasteiger partial charge in [0.15, 0.2) is 0 Å². The average molecular weight is 213 g/mol. The van der Waals surface area contributed by atoms with Gasteiger partial charge in [-0.15, -0.1) is 6.42 Å². The molecule has 0 saturated carbocycles. The summed E-state index contributed by atoms with van der Waals surface area (Å²) in [6.45, 7) is 3.32. The molecule has 4 heteroatoms. The van der Waals surface area contributed by atoms with Gasteiger partial charge < -0.3 is 0 Å². The molecule has 0 aliphatic heterocycles. The molecule has 15 heavy (non-hydrogen) atoms. The van der Waals surface area contributed by atoms with E-state index in [-0.39, 0.29) is 17.2 Å². The standard InChI is InChI=1S/C11H10F3N/c1-4-8-5-9(11(12,13)14)10(7(2)3)15-6-8/h1,5-7H,2-3H3. The molecule has 1 rings (SSSR count). The zero-order valence-corrected chi connectivity index (χ0v) is 8.39. The van der Waals surface area contributed by atoms with Gasteiger partial charge in [-0.05, 0) is 12.0 Å². The van der Waals surface area contributed by atoms with Crippen LogP contribution in [0.2, 0.25) is 0 Å². The molecule has 0 aliphatic carbocycles. The zero-order chi connectivity index (χ0) is 11.6. The van der Waals surface area contributed by atoms with Crippen molar-refractivity contribution in [2.24, 2.45) is 0 Å². The van der Waals surface area contributed by atoms with Crippen molar-refractivity contribution in [3.8, 4) is 12.3 Å². The van der Waals surface area contributed by atoms with Crippen molar-refractivity contribution in [2.75, 3.05) is 0 Å². The fraction of sp³-hybridized carbons (Fsp3) is 0.364. The molecule has 0 aromatic carbocycles. The summed E-state index contributed by atoms with van der Waals surface area (Å²) in [5.41, 5.74) is -0.568. The largest absolute Gasteiger partial charge is 0.418 e. The second-order valence-electron chi connectivity index (χ2n) is 3.45. The van der Waals surface area contributed by atoms with Crippen LogP contribution in [0.5, 0.6) is 0 Å². The van der Waals surface area contributed by atoms with Crippen molar-refractivity contribution in [1.29, 1.82) is 0 Å². The first-order valence-electron chi connectivity index (χ1n) is 4.40. The van der Waals surface area contributed by atoms with Crippen LogP contribution in [0, 0.1) is 12.3 Å². The van der Waals surface area contributed by atoms with E-state index in [0.29, 0.717) is 0 Å². The molecule has 0 amide bonds. The smallest absolute Gasteiger partial charge is 0.259 e. The number of rotatable bonds is 1. The molecule has 0 fully saturated rings. The lowest BCUT2D eigenvalue weighted by molar-refractivity contribution is -0.138. The Morgan fingerprint density at radius 3 is 2.40 bits per heavy atom. The Balaban J connectivity index is 3.37. The molecule has 0 N–H and O–H groups in total. The Hall–Kier alpha value is -1.50. The van der Waals surface area contributed by atoms with Crippen molar-refractivity contribution in [3.63, 3.8) is 0 Å². The molecular formula is C11H10F3N. The highest BCUT2D eigenvalue weighted by Gasteiger charge is 2.34. The van der Waals surface area contributed by atoms with Gasteiger partial charge in [0, 0.05) is 11.8 Å². The Bertz CT molecular complexity index is 399. The third-order valence-corrected chi connectivity index (χ3v) is 1.94. The molecule has 1 nitrogen and oxygen atoms in total. The van der Waals surface area contributed by atoms with Crippen molar-refractivity contribution in [3.05, 3.63) is 29.1 Å². The average Bonchev–Trinajstić information content (AvgIpc) is 2.15. The molecule has 80 valence electrons. The molecule has 0 atom stereocenters. The summed E-state index contributed by atoms with van der Waals surface area (Å²) < 4.78 is 37.8. The summed E-state index contributed by atoms with van der Waals surface area (Å²) in [5, 5.41) is 0. The minimum absolute atomic E-state index is 0.0292. The van der Waals surface area contributed by atoms with Crippen LogP contribution in [0.4, 0.5) is 13.2 Å². The number of alkyl halides is 3. The van der Waals surface area contributed by atoms with E-state index in [9.17, 15) is 13.2 Å². The van der Waals surface area contributed by atoms with E-state index >= 15 is 0 Å². The molecule has 0 unspecified atom stereocenters. The normalized spacial score (nSPS) is 11.5. The van der Waals surface area contributed by atoms with Crippen LogP contribution in [0.15, 0.2) is 12.3 Å². The monoisotopic (exact) mass is 213 g/mol. The fourth-order valence-corrected chi connectivity index (χ4v) is 1.24. The summed E-state index contributed by atoms with van der Waals surface area (Å²) in [6, 6.07) is 0.961. The number of halogens is 3. The van der Waals surface area contributed by atoms with Crippen molar-refractivity contribution < 1.29 is 13.2 Å². The molecule has 0 saturated heterocycles. The van der Waals surface area contributed by atoms with Gasteiger partial charge in [-0.1, -0.05) is 19.8 Å². The summed E-state index contributed by atoms with van der Waals surface area (Å²) in [6.07, 6.45) is 1.91. The maximum absolute atomic E-state index is 12.6. The van der Waals surface area contributed by atoms with Crippen LogP contribution in [0.3, 0.4) is 0 Å². The van der Waals surface area contributed by atoms with Crippen molar-refractivity contribution >= 4 is 0 Å². The predicted octanol–water partition coefficient (Wildman–Crippen LogP) is 3.21. The number of terminal acetylenes is 1. The van der Waals surface area contributed by atoms with Crippen molar-refractivity contribution in [2.45, 2.75) is 25.9 Å². The zero-order valence-electron chi connectivity index (χ0n) is 8.39. The molecule has 1 heterocycles. The molecule has 0 radical (unpaired) electrons. The number of hydrogen-bond donors (Lipinski definition) is 0. The van der Waals surface area contributed by atoms with Gasteiger partial charge in [0.25, 0.3) is 0 Å². The first kappa shape index (κ1) is 11.6. The lowest BCUT2D eigenvalue weighted by atomic mass is 10.0. The van der Waals surface area contributed by atoms with Crippen LogP contribution >= 0.6 is 0 Å². The van der Waals surface area contributed by atoms with E-state index < -0.39 is 11.7 Å². The fourth-order valence-electron chi connectivity index (χ4n) is 1.24. The number of aromatic nitrogens is 1. The number of hydrogen-bond acceptors (Lipinski definition) is 1. The molecule has 0 aliphatic rings. The maximum atomic E-state index is 12.6. The second-order valence-corrected chi connectivity index (χ2v) is 3.45. The van der Waals surface area contributed by atoms with Gasteiger partial charge in [0.05, 0.1) is 11.3 Å². The van der Waals surface area contributed by atoms with Crippen LogP contribution in [0.1, 0.15) is 36.6 Å². The van der Waals surface area contributed by atoms with E-state index in [0.717, 1.165) is 6.07 Å². The van der Waals surface area contributed by atoms with E-state index in [4.69, 9.17) is 6.42 Å². The Kier molecular flexibility index (Phi) is 3.04. The van der Waals surface area contributed by atoms with Crippen molar-refractivity contribution in [1.82, 2.24) is 4.98 Å². The Morgan fingerprint density at radius 2 is 2.00 bits per heavy atom. The topological polar surface area (TPSA) is 12.9 Å². The highest BCUT2D eigenvalue weighted by atomic mass is 19.4. The Morgan fingerprint density at radius 1 is 1.40 bits per heavy atom. The highest BCUT2D eigenvalue weighted by molar-refractivity contribution is 5.37. The lowest BCUT2D eigenvalue weighted by Gasteiger charge is -2.14. The van der Waals surface area contributed by atoms with E-state index in [1.165, 1.54) is 6.20 Å². The van der Waals surface area contributed by atoms with E-state index in [2.05, 4.69) is 10.9 Å². The van der Waals surface area contributed by atoms with Crippen LogP contribution in [-0.2, 0) is 6.18 Å². The summed E-state index contributed by atoms with van der Waals surface area (Å²) >= 11 is 0. The Labute approximate surface area is 86.3 Å². The molecule has 0 bridgehead atoms. The minimum atomic E-state index is -4.40. The first-order valence-corrected chi connectivity index (χ1v) is 4.40. The number of nitrogens with zero attached hydrogens (tertiary/aromatic N) is 1. The number of pyridine rings is 1. The van der Waals surface area contributed by atoms with Gasteiger partial charge in [0.2, 0.25) is 0 Å². The van der Waals surface area contributed by atoms with Gasteiger partial charge in [-0.25, -0.2) is 0 Å². The SMILES string of the molecule is C#Cc1cnc(C(C)C)c(C(F)(F)F)c1. The highest BCUT2D eigenvalue weighted by Crippen LogP contribution is 2.34. The summed E-state index contributed by atoms with van der Waals surface area (Å²) in [5.74, 6) is 1.86. The lowest BCUT2D eigenvalue weighted by Crippen LogP contribution is -2.12. The summed E-state index contributed by atoms with van der Waals surface area (Å²) in [7, 11) is 0. The summed E-state index contributed by atoms with van der Waals surface area (Å²) in [4.78, 5) is 3.75. The van der Waals surface area contributed by atoms with Gasteiger partial charge >= 0.3 is 6.18 Å².